The highest BCUT2D eigenvalue weighted by atomic mass is 79.9. The van der Waals surface area contributed by atoms with Crippen molar-refractivity contribution in [3.05, 3.63) is 34.1 Å². The van der Waals surface area contributed by atoms with Gasteiger partial charge in [0.1, 0.15) is 5.82 Å². The lowest BCUT2D eigenvalue weighted by Gasteiger charge is -2.12. The van der Waals surface area contributed by atoms with Crippen molar-refractivity contribution in [2.24, 2.45) is 5.41 Å². The van der Waals surface area contributed by atoms with Gasteiger partial charge in [-0.3, -0.25) is 4.79 Å². The number of carbonyl (C=O) groups is 1. The number of benzene rings is 1. The van der Waals surface area contributed by atoms with Crippen molar-refractivity contribution in [2.45, 2.75) is 12.8 Å². The van der Waals surface area contributed by atoms with Crippen LogP contribution in [0.15, 0.2) is 22.7 Å². The monoisotopic (exact) mass is 319 g/mol. The number of nitrogens with one attached hydrogen (secondary N) is 1. The first kappa shape index (κ1) is 12.8. The molecule has 1 fully saturated rings. The fourth-order valence-electron chi connectivity index (χ4n) is 1.57. The van der Waals surface area contributed by atoms with Gasteiger partial charge in [0, 0.05) is 22.3 Å². The van der Waals surface area contributed by atoms with Crippen molar-refractivity contribution in [1.82, 2.24) is 5.32 Å². The van der Waals surface area contributed by atoms with Gasteiger partial charge in [-0.1, -0.05) is 15.9 Å². The highest BCUT2D eigenvalue weighted by molar-refractivity contribution is 9.10. The number of hydrogen-bond acceptors (Lipinski definition) is 1. The van der Waals surface area contributed by atoms with Gasteiger partial charge in [-0.15, -0.1) is 11.6 Å². The molecule has 0 spiro atoms. The molecule has 2 rings (SSSR count). The highest BCUT2D eigenvalue weighted by Crippen LogP contribution is 2.45. The smallest absolute Gasteiger partial charge is 0.254 e. The SMILES string of the molecule is O=C(NCC1(CCl)CC1)c1ccc(Br)cc1F. The minimum atomic E-state index is -0.521. The predicted octanol–water partition coefficient (Wildman–Crippen LogP) is 3.34. The molecule has 0 heterocycles. The summed E-state index contributed by atoms with van der Waals surface area (Å²) in [7, 11) is 0. The summed E-state index contributed by atoms with van der Waals surface area (Å²) in [4.78, 5) is 11.8. The van der Waals surface area contributed by atoms with Crippen LogP contribution >= 0.6 is 27.5 Å². The molecule has 0 aliphatic heterocycles. The van der Waals surface area contributed by atoms with Crippen LogP contribution < -0.4 is 5.32 Å². The number of hydrogen-bond donors (Lipinski definition) is 1. The van der Waals surface area contributed by atoms with Crippen LogP contribution in [-0.2, 0) is 0 Å². The van der Waals surface area contributed by atoms with Crippen LogP contribution in [0.3, 0.4) is 0 Å². The number of amides is 1. The van der Waals surface area contributed by atoms with Crippen molar-refractivity contribution >= 4 is 33.4 Å². The Morgan fingerprint density at radius 2 is 2.24 bits per heavy atom. The molecule has 1 saturated carbocycles. The van der Waals surface area contributed by atoms with Gasteiger partial charge in [0.15, 0.2) is 0 Å². The average molecular weight is 321 g/mol. The standard InChI is InChI=1S/C12H12BrClFNO/c13-8-1-2-9(10(15)5-8)11(17)16-7-12(6-14)3-4-12/h1-2,5H,3-4,6-7H2,(H,16,17). The maximum absolute atomic E-state index is 13.5. The lowest BCUT2D eigenvalue weighted by Crippen LogP contribution is -2.31. The molecule has 1 N–H and O–H groups in total. The van der Waals surface area contributed by atoms with Crippen LogP contribution in [-0.4, -0.2) is 18.3 Å². The van der Waals surface area contributed by atoms with E-state index in [1.54, 1.807) is 6.07 Å². The van der Waals surface area contributed by atoms with Gasteiger partial charge >= 0.3 is 0 Å². The number of carbonyl (C=O) groups excluding carboxylic acids is 1. The molecule has 17 heavy (non-hydrogen) atoms. The lowest BCUT2D eigenvalue weighted by molar-refractivity contribution is 0.0942. The van der Waals surface area contributed by atoms with Crippen LogP contribution in [0.4, 0.5) is 4.39 Å². The molecule has 1 aliphatic rings. The Balaban J connectivity index is 2.00. The quantitative estimate of drug-likeness (QED) is 0.847. The minimum absolute atomic E-state index is 0.0447. The second kappa shape index (κ2) is 4.94. The molecule has 92 valence electrons. The van der Waals surface area contributed by atoms with Crippen molar-refractivity contribution in [2.75, 3.05) is 12.4 Å². The zero-order chi connectivity index (χ0) is 12.5. The minimum Gasteiger partial charge on any atom is -0.351 e. The molecule has 0 saturated heterocycles. The summed E-state index contributed by atoms with van der Waals surface area (Å²) >= 11 is 8.95. The molecule has 0 radical (unpaired) electrons. The van der Waals surface area contributed by atoms with Gasteiger partial charge in [0.2, 0.25) is 0 Å². The maximum Gasteiger partial charge on any atom is 0.254 e. The maximum atomic E-state index is 13.5. The van der Waals surface area contributed by atoms with E-state index in [4.69, 9.17) is 11.6 Å². The summed E-state index contributed by atoms with van der Waals surface area (Å²) in [5, 5.41) is 2.73. The van der Waals surface area contributed by atoms with Crippen molar-refractivity contribution in [3.8, 4) is 0 Å². The Bertz CT molecular complexity index is 448. The molecule has 1 aromatic rings. The van der Waals surface area contributed by atoms with E-state index in [2.05, 4.69) is 21.2 Å². The van der Waals surface area contributed by atoms with Crippen molar-refractivity contribution in [1.29, 1.82) is 0 Å². The first-order valence-electron chi connectivity index (χ1n) is 5.36. The molecule has 1 aromatic carbocycles. The number of halogens is 3. The van der Waals surface area contributed by atoms with Crippen molar-refractivity contribution in [3.63, 3.8) is 0 Å². The molecule has 1 aliphatic carbocycles. The van der Waals surface area contributed by atoms with Crippen LogP contribution in [0.25, 0.3) is 0 Å². The topological polar surface area (TPSA) is 29.1 Å². The van der Waals surface area contributed by atoms with E-state index in [1.807, 2.05) is 0 Å². The van der Waals surface area contributed by atoms with Crippen LogP contribution in [0.1, 0.15) is 23.2 Å². The van der Waals surface area contributed by atoms with E-state index in [0.717, 1.165) is 12.8 Å². The molecule has 1 amide bonds. The van der Waals surface area contributed by atoms with Gasteiger partial charge in [0.25, 0.3) is 5.91 Å². The molecule has 0 unspecified atom stereocenters. The predicted molar refractivity (Wildman–Crippen MR) is 68.8 cm³/mol. The number of alkyl halides is 1. The Hall–Kier alpha value is -0.610. The molecule has 5 heteroatoms. The molecule has 0 aromatic heterocycles. The summed E-state index contributed by atoms with van der Waals surface area (Å²) in [6.45, 7) is 0.519. The third-order valence-electron chi connectivity index (χ3n) is 3.04. The van der Waals surface area contributed by atoms with E-state index in [-0.39, 0.29) is 16.9 Å². The zero-order valence-corrected chi connectivity index (χ0v) is 11.4. The normalized spacial score (nSPS) is 16.6. The fraction of sp³-hybridized carbons (Fsp3) is 0.417. The Morgan fingerprint density at radius 1 is 1.53 bits per heavy atom. The molecular formula is C12H12BrClFNO. The van der Waals surface area contributed by atoms with Crippen LogP contribution in [0.2, 0.25) is 0 Å². The zero-order valence-electron chi connectivity index (χ0n) is 9.10. The lowest BCUT2D eigenvalue weighted by atomic mass is 10.1. The second-order valence-corrected chi connectivity index (χ2v) is 5.62. The second-order valence-electron chi connectivity index (χ2n) is 4.44. The van der Waals surface area contributed by atoms with E-state index < -0.39 is 5.82 Å². The summed E-state index contributed by atoms with van der Waals surface area (Å²) < 4.78 is 14.1. The largest absolute Gasteiger partial charge is 0.351 e. The average Bonchev–Trinajstić information content (AvgIpc) is 3.07. The van der Waals surface area contributed by atoms with E-state index in [0.29, 0.717) is 16.9 Å². The molecule has 0 bridgehead atoms. The summed E-state index contributed by atoms with van der Waals surface area (Å²) in [6, 6.07) is 4.39. The van der Waals surface area contributed by atoms with E-state index >= 15 is 0 Å². The van der Waals surface area contributed by atoms with E-state index in [1.165, 1.54) is 12.1 Å². The highest BCUT2D eigenvalue weighted by Gasteiger charge is 2.41. The van der Waals surface area contributed by atoms with Crippen LogP contribution in [0, 0.1) is 11.2 Å². The van der Waals surface area contributed by atoms with Gasteiger partial charge < -0.3 is 5.32 Å². The first-order valence-corrected chi connectivity index (χ1v) is 6.68. The molecule has 0 atom stereocenters. The van der Waals surface area contributed by atoms with Gasteiger partial charge in [-0.05, 0) is 31.0 Å². The molecular weight excluding hydrogens is 308 g/mol. The van der Waals surface area contributed by atoms with Crippen molar-refractivity contribution < 1.29 is 9.18 Å². The van der Waals surface area contributed by atoms with Gasteiger partial charge in [-0.2, -0.15) is 0 Å². The summed E-state index contributed by atoms with van der Waals surface area (Å²) in [5.41, 5.74) is 0.113. The van der Waals surface area contributed by atoms with Gasteiger partial charge in [-0.25, -0.2) is 4.39 Å². The summed E-state index contributed by atoms with van der Waals surface area (Å²) in [6.07, 6.45) is 2.05. The fourth-order valence-corrected chi connectivity index (χ4v) is 2.27. The third kappa shape index (κ3) is 2.99. The summed E-state index contributed by atoms with van der Waals surface area (Å²) in [5.74, 6) is -0.366. The first-order chi connectivity index (χ1) is 8.06. The Kier molecular flexibility index (Phi) is 3.73. The Labute approximate surface area is 113 Å². The number of rotatable bonds is 4. The Morgan fingerprint density at radius 3 is 2.76 bits per heavy atom. The van der Waals surface area contributed by atoms with Crippen LogP contribution in [0.5, 0.6) is 0 Å². The van der Waals surface area contributed by atoms with E-state index in [9.17, 15) is 9.18 Å². The third-order valence-corrected chi connectivity index (χ3v) is 4.10. The van der Waals surface area contributed by atoms with Gasteiger partial charge in [0.05, 0.1) is 5.56 Å². The molecule has 2 nitrogen and oxygen atoms in total.